The molecule has 0 aromatic carbocycles. The summed E-state index contributed by atoms with van der Waals surface area (Å²) in [5.74, 6) is 0.0912. The average Bonchev–Trinajstić information content (AvgIpc) is 3.15. The van der Waals surface area contributed by atoms with E-state index in [1.165, 1.54) is 15.5 Å². The number of hydrogen-bond donors (Lipinski definition) is 0. The van der Waals surface area contributed by atoms with E-state index in [9.17, 15) is 19.2 Å². The number of fused-ring (bicyclic) bond motifs is 1. The summed E-state index contributed by atoms with van der Waals surface area (Å²) >= 11 is 0. The van der Waals surface area contributed by atoms with E-state index in [1.807, 2.05) is 0 Å². The molecular weight excluding hydrogens is 354 g/mol. The smallest absolute Gasteiger partial charge is 0.416 e. The number of anilines is 1. The summed E-state index contributed by atoms with van der Waals surface area (Å²) in [6, 6.07) is 4.29. The van der Waals surface area contributed by atoms with Crippen LogP contribution in [0.1, 0.15) is 39.7 Å². The quantitative estimate of drug-likeness (QED) is 0.798. The highest BCUT2D eigenvalue weighted by atomic mass is 16.6. The van der Waals surface area contributed by atoms with Crippen LogP contribution in [-0.4, -0.2) is 52.9 Å². The number of imide groups is 1. The summed E-state index contributed by atoms with van der Waals surface area (Å²) in [7, 11) is 0. The molecule has 0 saturated carbocycles. The zero-order valence-electron chi connectivity index (χ0n) is 15.6. The minimum absolute atomic E-state index is 0.0721. The van der Waals surface area contributed by atoms with E-state index >= 15 is 0 Å². The standard InChI is InChI=1S/C18H23N3O6/c1-18(2,3)27-17(25)20-11-12(21-13(20)5-4-6-15(21)23)7-8-14(22)19-9-10-26-16(19)24/h4-6,12H,7-11H2,1-3H3/t12-/m1/s1. The number of nitrogens with zero attached hydrogens (tertiary/aromatic N) is 3. The second kappa shape index (κ2) is 7.05. The SMILES string of the molecule is CC(C)(C)OC(=O)N1C[C@@H](CCC(=O)N2CCOC2=O)n2c1cccc2=O. The Hall–Kier alpha value is -2.84. The maximum atomic E-state index is 12.5. The fraction of sp³-hybridized carbons (Fsp3) is 0.556. The van der Waals surface area contributed by atoms with Crippen molar-refractivity contribution < 1.29 is 23.9 Å². The number of rotatable bonds is 3. The molecule has 3 rings (SSSR count). The van der Waals surface area contributed by atoms with Gasteiger partial charge in [-0.15, -0.1) is 0 Å². The molecule has 146 valence electrons. The molecule has 27 heavy (non-hydrogen) atoms. The van der Waals surface area contributed by atoms with E-state index in [0.29, 0.717) is 12.2 Å². The van der Waals surface area contributed by atoms with Crippen LogP contribution in [-0.2, 0) is 14.3 Å². The normalized spacial score (nSPS) is 19.1. The largest absolute Gasteiger partial charge is 0.447 e. The second-order valence-electron chi connectivity index (χ2n) is 7.54. The molecule has 3 heterocycles. The van der Waals surface area contributed by atoms with Gasteiger partial charge < -0.3 is 9.47 Å². The first kappa shape index (κ1) is 18.9. The predicted octanol–water partition coefficient (Wildman–Crippen LogP) is 1.90. The third kappa shape index (κ3) is 3.96. The lowest BCUT2D eigenvalue weighted by molar-refractivity contribution is -0.128. The number of pyridine rings is 1. The van der Waals surface area contributed by atoms with Gasteiger partial charge in [-0.3, -0.25) is 19.1 Å². The first-order valence-electron chi connectivity index (χ1n) is 8.86. The van der Waals surface area contributed by atoms with Crippen molar-refractivity contribution >= 4 is 23.9 Å². The van der Waals surface area contributed by atoms with Crippen molar-refractivity contribution in [3.63, 3.8) is 0 Å². The monoisotopic (exact) mass is 377 g/mol. The van der Waals surface area contributed by atoms with Gasteiger partial charge in [-0.1, -0.05) is 6.07 Å². The lowest BCUT2D eigenvalue weighted by Gasteiger charge is -2.24. The molecule has 9 nitrogen and oxygen atoms in total. The predicted molar refractivity (Wildman–Crippen MR) is 95.6 cm³/mol. The molecule has 0 N–H and O–H groups in total. The van der Waals surface area contributed by atoms with Gasteiger partial charge in [0, 0.05) is 12.5 Å². The second-order valence-corrected chi connectivity index (χ2v) is 7.54. The summed E-state index contributed by atoms with van der Waals surface area (Å²) in [5.41, 5.74) is -0.919. The highest BCUT2D eigenvalue weighted by molar-refractivity contribution is 5.93. The van der Waals surface area contributed by atoms with E-state index < -0.39 is 17.8 Å². The Balaban J connectivity index is 1.75. The topological polar surface area (TPSA) is 98.2 Å². The van der Waals surface area contributed by atoms with Crippen LogP contribution in [0.4, 0.5) is 15.4 Å². The van der Waals surface area contributed by atoms with Gasteiger partial charge in [-0.25, -0.2) is 14.5 Å². The van der Waals surface area contributed by atoms with E-state index in [2.05, 4.69) is 0 Å². The Morgan fingerprint density at radius 3 is 2.59 bits per heavy atom. The van der Waals surface area contributed by atoms with Gasteiger partial charge >= 0.3 is 12.2 Å². The van der Waals surface area contributed by atoms with Crippen molar-refractivity contribution in [1.82, 2.24) is 9.47 Å². The van der Waals surface area contributed by atoms with E-state index in [-0.39, 0.29) is 43.6 Å². The zero-order valence-corrected chi connectivity index (χ0v) is 15.6. The van der Waals surface area contributed by atoms with E-state index in [0.717, 1.165) is 4.90 Å². The van der Waals surface area contributed by atoms with Crippen molar-refractivity contribution in [2.75, 3.05) is 24.6 Å². The molecule has 0 spiro atoms. The highest BCUT2D eigenvalue weighted by Gasteiger charge is 2.36. The van der Waals surface area contributed by atoms with Gasteiger partial charge in [0.1, 0.15) is 18.0 Å². The number of carbonyl (C=O) groups is 3. The fourth-order valence-corrected chi connectivity index (χ4v) is 3.21. The maximum Gasteiger partial charge on any atom is 0.416 e. The first-order chi connectivity index (χ1) is 12.7. The Bertz CT molecular complexity index is 825. The maximum absolute atomic E-state index is 12.5. The molecule has 1 aromatic heterocycles. The molecule has 1 atom stereocenters. The Kier molecular flexibility index (Phi) is 4.95. The van der Waals surface area contributed by atoms with Crippen LogP contribution in [0.5, 0.6) is 0 Å². The van der Waals surface area contributed by atoms with Crippen LogP contribution in [0.2, 0.25) is 0 Å². The third-order valence-corrected chi connectivity index (χ3v) is 4.37. The summed E-state index contributed by atoms with van der Waals surface area (Å²) in [6.07, 6.45) is -0.792. The number of carbonyl (C=O) groups excluding carboxylic acids is 3. The molecule has 9 heteroatoms. The molecule has 1 aromatic rings. The highest BCUT2D eigenvalue weighted by Crippen LogP contribution is 2.31. The molecule has 0 bridgehead atoms. The molecule has 0 radical (unpaired) electrons. The van der Waals surface area contributed by atoms with Crippen molar-refractivity contribution in [1.29, 1.82) is 0 Å². The van der Waals surface area contributed by atoms with Crippen molar-refractivity contribution in [3.05, 3.63) is 28.6 Å². The minimum atomic E-state index is -0.666. The van der Waals surface area contributed by atoms with Crippen LogP contribution >= 0.6 is 0 Å². The first-order valence-corrected chi connectivity index (χ1v) is 8.86. The van der Waals surface area contributed by atoms with Crippen LogP contribution < -0.4 is 10.5 Å². The van der Waals surface area contributed by atoms with Crippen LogP contribution in [0.15, 0.2) is 23.0 Å². The van der Waals surface area contributed by atoms with Gasteiger partial charge in [0.25, 0.3) is 5.56 Å². The number of cyclic esters (lactones) is 1. The molecule has 0 aliphatic carbocycles. The van der Waals surface area contributed by atoms with Crippen molar-refractivity contribution in [2.24, 2.45) is 0 Å². The Morgan fingerprint density at radius 1 is 1.22 bits per heavy atom. The molecule has 0 unspecified atom stereocenters. The number of aromatic nitrogens is 1. The van der Waals surface area contributed by atoms with Crippen LogP contribution in [0, 0.1) is 0 Å². The minimum Gasteiger partial charge on any atom is -0.447 e. The van der Waals surface area contributed by atoms with Gasteiger partial charge in [0.15, 0.2) is 0 Å². The van der Waals surface area contributed by atoms with Crippen molar-refractivity contribution in [2.45, 2.75) is 45.3 Å². The fourth-order valence-electron chi connectivity index (χ4n) is 3.21. The summed E-state index contributed by atoms with van der Waals surface area (Å²) in [5, 5.41) is 0. The molecule has 1 fully saturated rings. The molecule has 3 amide bonds. The Morgan fingerprint density at radius 2 is 1.96 bits per heavy atom. The molecule has 2 aliphatic heterocycles. The molecule has 2 aliphatic rings. The van der Waals surface area contributed by atoms with Gasteiger partial charge in [-0.2, -0.15) is 0 Å². The Labute approximate surface area is 156 Å². The summed E-state index contributed by atoms with van der Waals surface area (Å²) in [4.78, 5) is 51.1. The third-order valence-electron chi connectivity index (χ3n) is 4.37. The lowest BCUT2D eigenvalue weighted by atomic mass is 10.1. The molecule has 1 saturated heterocycles. The molecular formula is C18H23N3O6. The lowest BCUT2D eigenvalue weighted by Crippen LogP contribution is -2.36. The van der Waals surface area contributed by atoms with E-state index in [1.54, 1.807) is 32.9 Å². The van der Waals surface area contributed by atoms with Gasteiger partial charge in [0.05, 0.1) is 19.1 Å². The van der Waals surface area contributed by atoms with Crippen molar-refractivity contribution in [3.8, 4) is 0 Å². The van der Waals surface area contributed by atoms with Crippen LogP contribution in [0.25, 0.3) is 0 Å². The van der Waals surface area contributed by atoms with Crippen LogP contribution in [0.3, 0.4) is 0 Å². The number of hydrogen-bond acceptors (Lipinski definition) is 6. The zero-order chi connectivity index (χ0) is 19.8. The number of amides is 3. The summed E-state index contributed by atoms with van der Waals surface area (Å²) in [6.45, 7) is 5.97. The number of ether oxygens (including phenoxy) is 2. The summed E-state index contributed by atoms with van der Waals surface area (Å²) < 4.78 is 11.7. The van der Waals surface area contributed by atoms with Gasteiger partial charge in [-0.05, 0) is 33.3 Å². The van der Waals surface area contributed by atoms with Gasteiger partial charge in [0.2, 0.25) is 5.91 Å². The average molecular weight is 377 g/mol. The van der Waals surface area contributed by atoms with E-state index in [4.69, 9.17) is 9.47 Å².